The molecule has 2 heteroatoms. The third-order valence-corrected chi connectivity index (χ3v) is 2.97. The summed E-state index contributed by atoms with van der Waals surface area (Å²) in [5.41, 5.74) is 6.51. The van der Waals surface area contributed by atoms with Gasteiger partial charge in [0.25, 0.3) is 0 Å². The summed E-state index contributed by atoms with van der Waals surface area (Å²) in [5.74, 6) is 0. The molecule has 0 aliphatic heterocycles. The number of thioether (sulfide) groups is 1. The predicted molar refractivity (Wildman–Crippen MR) is 58.9 cm³/mol. The molecule has 2 N–H and O–H groups in total. The third-order valence-electron chi connectivity index (χ3n) is 1.96. The van der Waals surface area contributed by atoms with Crippen LogP contribution in [0.3, 0.4) is 0 Å². The van der Waals surface area contributed by atoms with Gasteiger partial charge in [-0.25, -0.2) is 0 Å². The summed E-state index contributed by atoms with van der Waals surface area (Å²) in [5, 5.41) is 0. The first-order chi connectivity index (χ1) is 5.46. The van der Waals surface area contributed by atoms with Crippen LogP contribution in [0.2, 0.25) is 0 Å². The fraction of sp³-hybridized carbons (Fsp3) is 0.400. The molecule has 0 radical (unpaired) electrons. The van der Waals surface area contributed by atoms with Crippen LogP contribution in [-0.4, -0.2) is 6.26 Å². The van der Waals surface area contributed by atoms with Gasteiger partial charge in [0.1, 0.15) is 0 Å². The highest BCUT2D eigenvalue weighted by Crippen LogP contribution is 2.36. The van der Waals surface area contributed by atoms with E-state index in [1.54, 1.807) is 17.8 Å². The Balaban J connectivity index is 4.71. The average Bonchev–Trinajstić information content (AvgIpc) is 2.03. The summed E-state index contributed by atoms with van der Waals surface area (Å²) in [6.07, 6.45) is 5.53. The summed E-state index contributed by atoms with van der Waals surface area (Å²) in [6, 6.07) is 0. The molecule has 0 fully saturated rings. The molecular formula is C10H17NS. The molecular weight excluding hydrogens is 166 g/mol. The molecule has 0 saturated heterocycles. The van der Waals surface area contributed by atoms with Crippen LogP contribution < -0.4 is 5.73 Å². The zero-order valence-electron chi connectivity index (χ0n) is 8.05. The Bertz CT molecular complexity index is 214. The van der Waals surface area contributed by atoms with Crippen molar-refractivity contribution in [3.05, 3.63) is 35.9 Å². The summed E-state index contributed by atoms with van der Waals surface area (Å²) < 4.78 is 0. The Morgan fingerprint density at radius 2 is 2.00 bits per heavy atom. The lowest BCUT2D eigenvalue weighted by Crippen LogP contribution is -2.21. The van der Waals surface area contributed by atoms with Crippen LogP contribution in [0.4, 0.5) is 0 Å². The zero-order valence-corrected chi connectivity index (χ0v) is 8.87. The van der Waals surface area contributed by atoms with Crippen molar-refractivity contribution in [3.8, 4) is 0 Å². The number of rotatable bonds is 4. The molecule has 0 aliphatic carbocycles. The molecule has 0 aromatic rings. The molecule has 0 amide bonds. The lowest BCUT2D eigenvalue weighted by Gasteiger charge is -2.26. The van der Waals surface area contributed by atoms with Gasteiger partial charge in [0.2, 0.25) is 0 Å². The molecule has 0 bridgehead atoms. The van der Waals surface area contributed by atoms with Crippen LogP contribution in [0.25, 0.3) is 0 Å². The summed E-state index contributed by atoms with van der Waals surface area (Å²) in [4.78, 5) is 1.07. The van der Waals surface area contributed by atoms with Gasteiger partial charge >= 0.3 is 0 Å². The monoisotopic (exact) mass is 183 g/mol. The molecule has 1 nitrogen and oxygen atoms in total. The van der Waals surface area contributed by atoms with Gasteiger partial charge in [0.05, 0.1) is 0 Å². The third kappa shape index (κ3) is 2.45. The maximum Gasteiger partial charge on any atom is 0.0345 e. The maximum atomic E-state index is 5.85. The highest BCUT2D eigenvalue weighted by Gasteiger charge is 2.23. The normalized spacial score (nSPS) is 12.8. The van der Waals surface area contributed by atoms with Crippen molar-refractivity contribution in [1.29, 1.82) is 0 Å². The SMILES string of the molecule is C=C/C=C(\N)C(C)(C)C(=C)SC. The average molecular weight is 183 g/mol. The largest absolute Gasteiger partial charge is 0.401 e. The van der Waals surface area contributed by atoms with Crippen molar-refractivity contribution in [2.24, 2.45) is 11.1 Å². The van der Waals surface area contributed by atoms with Gasteiger partial charge in [0.15, 0.2) is 0 Å². The number of nitrogens with two attached hydrogens (primary N) is 1. The van der Waals surface area contributed by atoms with Gasteiger partial charge in [-0.05, 0) is 31.1 Å². The smallest absolute Gasteiger partial charge is 0.0345 e. The fourth-order valence-corrected chi connectivity index (χ4v) is 1.38. The Hall–Kier alpha value is -0.630. The van der Waals surface area contributed by atoms with E-state index >= 15 is 0 Å². The Morgan fingerprint density at radius 1 is 1.50 bits per heavy atom. The zero-order chi connectivity index (χ0) is 9.78. The first kappa shape index (κ1) is 11.4. The van der Waals surface area contributed by atoms with E-state index in [-0.39, 0.29) is 5.41 Å². The van der Waals surface area contributed by atoms with Gasteiger partial charge in [-0.3, -0.25) is 0 Å². The topological polar surface area (TPSA) is 26.0 Å². The summed E-state index contributed by atoms with van der Waals surface area (Å²) in [6.45, 7) is 11.7. The molecule has 0 spiro atoms. The van der Waals surface area contributed by atoms with Crippen molar-refractivity contribution < 1.29 is 0 Å². The quantitative estimate of drug-likeness (QED) is 0.678. The fourth-order valence-electron chi connectivity index (χ4n) is 0.751. The molecule has 0 aromatic carbocycles. The standard InChI is InChI=1S/C10H17NS/c1-6-7-9(11)10(3,4)8(2)12-5/h6-7H,1-2,11H2,3-5H3/b9-7-. The molecule has 0 aliphatic rings. The van der Waals surface area contributed by atoms with Crippen molar-refractivity contribution in [2.75, 3.05) is 6.26 Å². The minimum atomic E-state index is -0.145. The van der Waals surface area contributed by atoms with Crippen LogP contribution in [0.5, 0.6) is 0 Å². The second-order valence-corrected chi connectivity index (χ2v) is 4.01. The van der Waals surface area contributed by atoms with Crippen LogP contribution in [0.1, 0.15) is 13.8 Å². The van der Waals surface area contributed by atoms with E-state index in [4.69, 9.17) is 5.73 Å². The minimum absolute atomic E-state index is 0.145. The lowest BCUT2D eigenvalue weighted by atomic mass is 9.89. The Labute approximate surface area is 79.4 Å². The second kappa shape index (κ2) is 4.41. The number of hydrogen-bond acceptors (Lipinski definition) is 2. The van der Waals surface area contributed by atoms with E-state index in [0.29, 0.717) is 0 Å². The van der Waals surface area contributed by atoms with E-state index < -0.39 is 0 Å². The van der Waals surface area contributed by atoms with Crippen molar-refractivity contribution in [3.63, 3.8) is 0 Å². The van der Waals surface area contributed by atoms with Crippen LogP contribution >= 0.6 is 11.8 Å². The van der Waals surface area contributed by atoms with E-state index in [1.807, 2.05) is 12.3 Å². The molecule has 0 rings (SSSR count). The van der Waals surface area contributed by atoms with Gasteiger partial charge in [0, 0.05) is 11.1 Å². The van der Waals surface area contributed by atoms with Crippen LogP contribution in [0.15, 0.2) is 35.9 Å². The molecule has 0 saturated carbocycles. The first-order valence-corrected chi connectivity index (χ1v) is 5.01. The molecule has 0 aromatic heterocycles. The van der Waals surface area contributed by atoms with Crippen molar-refractivity contribution in [2.45, 2.75) is 13.8 Å². The number of hydrogen-bond donors (Lipinski definition) is 1. The molecule has 12 heavy (non-hydrogen) atoms. The Morgan fingerprint density at radius 3 is 2.33 bits per heavy atom. The van der Waals surface area contributed by atoms with Gasteiger partial charge < -0.3 is 5.73 Å². The van der Waals surface area contributed by atoms with E-state index in [2.05, 4.69) is 27.0 Å². The van der Waals surface area contributed by atoms with Crippen LogP contribution in [-0.2, 0) is 0 Å². The number of allylic oxidation sites excluding steroid dienone is 3. The van der Waals surface area contributed by atoms with Gasteiger partial charge in [-0.1, -0.05) is 19.2 Å². The van der Waals surface area contributed by atoms with Crippen LogP contribution in [0, 0.1) is 5.41 Å². The van der Waals surface area contributed by atoms with Gasteiger partial charge in [-0.15, -0.1) is 11.8 Å². The first-order valence-electron chi connectivity index (χ1n) is 3.78. The Kier molecular flexibility index (Phi) is 4.18. The van der Waals surface area contributed by atoms with E-state index in [9.17, 15) is 0 Å². The highest BCUT2D eigenvalue weighted by atomic mass is 32.2. The van der Waals surface area contributed by atoms with E-state index in [1.165, 1.54) is 0 Å². The van der Waals surface area contributed by atoms with E-state index in [0.717, 1.165) is 10.6 Å². The maximum absolute atomic E-state index is 5.85. The predicted octanol–water partition coefficient (Wildman–Crippen LogP) is 2.92. The summed E-state index contributed by atoms with van der Waals surface area (Å²) >= 11 is 1.64. The van der Waals surface area contributed by atoms with Gasteiger partial charge in [-0.2, -0.15) is 0 Å². The molecule has 0 heterocycles. The van der Waals surface area contributed by atoms with Crippen molar-refractivity contribution in [1.82, 2.24) is 0 Å². The molecule has 0 atom stereocenters. The molecule has 68 valence electrons. The lowest BCUT2D eigenvalue weighted by molar-refractivity contribution is 0.563. The highest BCUT2D eigenvalue weighted by molar-refractivity contribution is 8.02. The molecule has 0 unspecified atom stereocenters. The second-order valence-electron chi connectivity index (χ2n) is 3.11. The summed E-state index contributed by atoms with van der Waals surface area (Å²) in [7, 11) is 0. The minimum Gasteiger partial charge on any atom is -0.401 e. The van der Waals surface area contributed by atoms with Crippen molar-refractivity contribution >= 4 is 11.8 Å².